The Morgan fingerprint density at radius 1 is 0.889 bits per heavy atom. The molecule has 1 rings (SSSR count). The highest BCUT2D eigenvalue weighted by Gasteiger charge is 2.06. The summed E-state index contributed by atoms with van der Waals surface area (Å²) in [6, 6.07) is 5.55. The fourth-order valence-corrected chi connectivity index (χ4v) is 3.07. The van der Waals surface area contributed by atoms with E-state index in [4.69, 9.17) is 9.47 Å². The van der Waals surface area contributed by atoms with Crippen molar-refractivity contribution in [1.29, 1.82) is 0 Å². The van der Waals surface area contributed by atoms with Crippen LogP contribution in [0.2, 0.25) is 0 Å². The third-order valence-corrected chi connectivity index (χ3v) is 4.49. The summed E-state index contributed by atoms with van der Waals surface area (Å²) in [4.78, 5) is 10.5. The Balaban J connectivity index is 0.00000676. The lowest BCUT2D eigenvalue weighted by Gasteiger charge is -2.13. The van der Waals surface area contributed by atoms with E-state index in [1.165, 1.54) is 57.8 Å². The standard InChI is InChI=1S/C22H36O4.H3N/c1-3-5-6-7-8-9-10-11-12-13-14-19-15-16-20(26-18-22(23)24)17-21(19)25-4-2;/h15-17H,3-14,18H2,1-2H3,(H,23,24);1H3. The zero-order valence-corrected chi connectivity index (χ0v) is 17.6. The molecule has 0 radical (unpaired) electrons. The van der Waals surface area contributed by atoms with Gasteiger partial charge in [0.25, 0.3) is 0 Å². The molecule has 27 heavy (non-hydrogen) atoms. The molecule has 1 aromatic carbocycles. The van der Waals surface area contributed by atoms with Gasteiger partial charge >= 0.3 is 0 Å². The van der Waals surface area contributed by atoms with Gasteiger partial charge in [-0.1, -0.05) is 70.8 Å². The van der Waals surface area contributed by atoms with Gasteiger partial charge in [-0.25, -0.2) is 0 Å². The van der Waals surface area contributed by atoms with Crippen LogP contribution in [0.4, 0.5) is 0 Å². The molecule has 0 aliphatic heterocycles. The van der Waals surface area contributed by atoms with Crippen molar-refractivity contribution in [1.82, 2.24) is 6.15 Å². The van der Waals surface area contributed by atoms with Gasteiger partial charge in [0.15, 0.2) is 0 Å². The van der Waals surface area contributed by atoms with Gasteiger partial charge in [0, 0.05) is 6.07 Å². The van der Waals surface area contributed by atoms with E-state index in [-0.39, 0.29) is 6.15 Å². The first-order valence-corrected chi connectivity index (χ1v) is 10.3. The van der Waals surface area contributed by atoms with Gasteiger partial charge in [0.2, 0.25) is 0 Å². The van der Waals surface area contributed by atoms with Crippen LogP contribution in [0.5, 0.6) is 11.5 Å². The van der Waals surface area contributed by atoms with E-state index in [1.807, 2.05) is 13.0 Å². The Morgan fingerprint density at radius 3 is 2.04 bits per heavy atom. The van der Waals surface area contributed by atoms with E-state index in [1.54, 1.807) is 12.1 Å². The maximum atomic E-state index is 10.5. The molecule has 156 valence electrons. The summed E-state index contributed by atoms with van der Waals surface area (Å²) < 4.78 is 10.9. The summed E-state index contributed by atoms with van der Waals surface area (Å²) in [6.45, 7) is 4.34. The SMILES string of the molecule is CCCCCCCCCCCCc1ccc(OCC(=O)[O-])cc1OCC.[NH4+]. The quantitative estimate of drug-likeness (QED) is 0.405. The molecule has 0 aromatic heterocycles. The topological polar surface area (TPSA) is 95.1 Å². The number of carbonyl (C=O) groups excluding carboxylic acids is 1. The first kappa shape index (κ1) is 25.2. The summed E-state index contributed by atoms with van der Waals surface area (Å²) in [6.07, 6.45) is 14.2. The van der Waals surface area contributed by atoms with Gasteiger partial charge in [-0.3, -0.25) is 0 Å². The van der Waals surface area contributed by atoms with Crippen molar-refractivity contribution in [2.75, 3.05) is 13.2 Å². The molecule has 0 spiro atoms. The number of carboxylic acids is 1. The first-order valence-electron chi connectivity index (χ1n) is 10.3. The average molecular weight is 382 g/mol. The first-order chi connectivity index (χ1) is 12.7. The number of quaternary nitrogens is 1. The average Bonchev–Trinajstić information content (AvgIpc) is 2.63. The van der Waals surface area contributed by atoms with Crippen LogP contribution in [0, 0.1) is 0 Å². The van der Waals surface area contributed by atoms with E-state index in [2.05, 4.69) is 6.92 Å². The predicted octanol–water partition coefficient (Wildman–Crippen LogP) is 5.05. The van der Waals surface area contributed by atoms with Crippen molar-refractivity contribution in [3.05, 3.63) is 23.8 Å². The van der Waals surface area contributed by atoms with E-state index in [0.717, 1.165) is 24.2 Å². The molecule has 0 amide bonds. The summed E-state index contributed by atoms with van der Waals surface area (Å²) in [5.74, 6) is 0.0705. The van der Waals surface area contributed by atoms with Crippen LogP contribution >= 0.6 is 0 Å². The Hall–Kier alpha value is -1.75. The van der Waals surface area contributed by atoms with Gasteiger partial charge in [0.05, 0.1) is 12.6 Å². The minimum Gasteiger partial charge on any atom is -0.546 e. The van der Waals surface area contributed by atoms with Crippen LogP contribution in [-0.2, 0) is 11.2 Å². The number of carboxylic acid groups (broad SMARTS) is 1. The Kier molecular flexibility index (Phi) is 15.4. The number of unbranched alkanes of at least 4 members (excludes halogenated alkanes) is 9. The smallest absolute Gasteiger partial charge is 0.128 e. The number of hydrogen-bond acceptors (Lipinski definition) is 4. The summed E-state index contributed by atoms with van der Waals surface area (Å²) in [5, 5.41) is 10.5. The number of hydrogen-bond donors (Lipinski definition) is 1. The lowest BCUT2D eigenvalue weighted by Crippen LogP contribution is -2.28. The minimum atomic E-state index is -1.22. The molecule has 0 saturated heterocycles. The molecule has 4 N–H and O–H groups in total. The van der Waals surface area contributed by atoms with Crippen molar-refractivity contribution in [2.24, 2.45) is 0 Å². The number of aliphatic carboxylic acids is 1. The second-order valence-corrected chi connectivity index (χ2v) is 6.80. The lowest BCUT2D eigenvalue weighted by atomic mass is 10.0. The minimum absolute atomic E-state index is 0. The highest BCUT2D eigenvalue weighted by Crippen LogP contribution is 2.27. The Morgan fingerprint density at radius 2 is 1.48 bits per heavy atom. The van der Waals surface area contributed by atoms with Crippen LogP contribution in [0.25, 0.3) is 0 Å². The molecule has 0 fully saturated rings. The molecule has 0 atom stereocenters. The largest absolute Gasteiger partial charge is 0.546 e. The van der Waals surface area contributed by atoms with E-state index in [0.29, 0.717) is 12.4 Å². The van der Waals surface area contributed by atoms with Crippen LogP contribution in [-0.4, -0.2) is 19.2 Å². The van der Waals surface area contributed by atoms with Crippen LogP contribution in [0.3, 0.4) is 0 Å². The van der Waals surface area contributed by atoms with E-state index >= 15 is 0 Å². The van der Waals surface area contributed by atoms with Gasteiger partial charge < -0.3 is 25.5 Å². The van der Waals surface area contributed by atoms with Crippen LogP contribution in [0.1, 0.15) is 83.6 Å². The molecule has 0 aliphatic rings. The zero-order valence-electron chi connectivity index (χ0n) is 17.6. The molecule has 0 heterocycles. The molecular formula is C22H39NO4. The van der Waals surface area contributed by atoms with Crippen molar-refractivity contribution in [2.45, 2.75) is 84.5 Å². The molecular weight excluding hydrogens is 342 g/mol. The highest BCUT2D eigenvalue weighted by atomic mass is 16.5. The van der Waals surface area contributed by atoms with Crippen LogP contribution in [0.15, 0.2) is 18.2 Å². The zero-order chi connectivity index (χ0) is 19.0. The fourth-order valence-electron chi connectivity index (χ4n) is 3.07. The number of rotatable bonds is 16. The van der Waals surface area contributed by atoms with E-state index < -0.39 is 12.6 Å². The van der Waals surface area contributed by atoms with Gasteiger partial charge in [-0.15, -0.1) is 0 Å². The molecule has 0 aliphatic carbocycles. The van der Waals surface area contributed by atoms with Crippen LogP contribution < -0.4 is 20.7 Å². The lowest BCUT2D eigenvalue weighted by molar-refractivity contribution is -0.307. The maximum absolute atomic E-state index is 10.5. The molecule has 0 saturated carbocycles. The van der Waals surface area contributed by atoms with Crippen molar-refractivity contribution >= 4 is 5.97 Å². The van der Waals surface area contributed by atoms with Crippen molar-refractivity contribution in [3.63, 3.8) is 0 Å². The Labute approximate surface area is 165 Å². The normalized spacial score (nSPS) is 10.3. The van der Waals surface area contributed by atoms with E-state index in [9.17, 15) is 9.90 Å². The molecule has 0 bridgehead atoms. The fraction of sp³-hybridized carbons (Fsp3) is 0.682. The monoisotopic (exact) mass is 381 g/mol. The summed E-state index contributed by atoms with van der Waals surface area (Å²) >= 11 is 0. The third kappa shape index (κ3) is 12.3. The third-order valence-electron chi connectivity index (χ3n) is 4.49. The van der Waals surface area contributed by atoms with Gasteiger partial charge in [-0.2, -0.15) is 0 Å². The molecule has 1 aromatic rings. The number of ether oxygens (including phenoxy) is 2. The Bertz CT molecular complexity index is 505. The van der Waals surface area contributed by atoms with Gasteiger partial charge in [0.1, 0.15) is 18.1 Å². The number of benzene rings is 1. The summed E-state index contributed by atoms with van der Waals surface area (Å²) in [7, 11) is 0. The number of aryl methyl sites for hydroxylation is 1. The van der Waals surface area contributed by atoms with Crippen molar-refractivity contribution < 1.29 is 19.4 Å². The molecule has 5 nitrogen and oxygen atoms in total. The maximum Gasteiger partial charge on any atom is 0.128 e. The molecule has 0 unspecified atom stereocenters. The summed E-state index contributed by atoms with van der Waals surface area (Å²) in [5.41, 5.74) is 1.16. The second-order valence-electron chi connectivity index (χ2n) is 6.80. The predicted molar refractivity (Wildman–Crippen MR) is 110 cm³/mol. The van der Waals surface area contributed by atoms with Gasteiger partial charge in [-0.05, 0) is 31.4 Å². The van der Waals surface area contributed by atoms with Crippen molar-refractivity contribution in [3.8, 4) is 11.5 Å². The second kappa shape index (κ2) is 16.4. The number of carbonyl (C=O) groups is 1. The molecule has 5 heteroatoms. The highest BCUT2D eigenvalue weighted by molar-refractivity contribution is 5.66.